The number of amides is 1. The van der Waals surface area contributed by atoms with Crippen LogP contribution in [-0.2, 0) is 6.54 Å². The lowest BCUT2D eigenvalue weighted by Gasteiger charge is -2.19. The van der Waals surface area contributed by atoms with Gasteiger partial charge in [-0.05, 0) is 30.3 Å². The van der Waals surface area contributed by atoms with Crippen molar-refractivity contribution >= 4 is 32.6 Å². The van der Waals surface area contributed by atoms with Gasteiger partial charge < -0.3 is 13.9 Å². The molecular weight excluding hydrogens is 414 g/mol. The van der Waals surface area contributed by atoms with Crippen molar-refractivity contribution < 1.29 is 27.5 Å². The molecule has 0 saturated carbocycles. The molecule has 4 aromatic rings. The van der Waals surface area contributed by atoms with E-state index in [0.717, 1.165) is 17.4 Å². The Morgan fingerprint density at radius 2 is 1.87 bits per heavy atom. The van der Waals surface area contributed by atoms with Crippen LogP contribution >= 0.6 is 11.3 Å². The number of hydrogen-bond acceptors (Lipinski definition) is 6. The Balaban J connectivity index is 1.81. The molecule has 0 spiro atoms. The number of methoxy groups -OCH3 is 2. The van der Waals surface area contributed by atoms with Crippen molar-refractivity contribution in [3.8, 4) is 11.5 Å². The molecule has 2 heterocycles. The Morgan fingerprint density at radius 1 is 1.13 bits per heavy atom. The Hall–Kier alpha value is -3.46. The van der Waals surface area contributed by atoms with Gasteiger partial charge in [-0.1, -0.05) is 11.3 Å². The first-order valence-electron chi connectivity index (χ1n) is 8.81. The Kier molecular flexibility index (Phi) is 5.37. The minimum Gasteiger partial charge on any atom is -0.497 e. The zero-order chi connectivity index (χ0) is 21.3. The minimum atomic E-state index is -0.791. The van der Waals surface area contributed by atoms with Crippen LogP contribution in [0.3, 0.4) is 0 Å². The Morgan fingerprint density at radius 3 is 2.50 bits per heavy atom. The van der Waals surface area contributed by atoms with Gasteiger partial charge in [0, 0.05) is 17.7 Å². The molecule has 0 bridgehead atoms. The third kappa shape index (κ3) is 3.84. The van der Waals surface area contributed by atoms with Crippen LogP contribution in [0.5, 0.6) is 11.5 Å². The number of halogens is 2. The number of ether oxygens (including phenoxy) is 2. The Bertz CT molecular complexity index is 1190. The molecule has 0 fully saturated rings. The van der Waals surface area contributed by atoms with E-state index >= 15 is 0 Å². The molecule has 0 N–H and O–H groups in total. The molecule has 30 heavy (non-hydrogen) atoms. The lowest BCUT2D eigenvalue weighted by atomic mass is 10.1. The summed E-state index contributed by atoms with van der Waals surface area (Å²) < 4.78 is 43.9. The number of hydrogen-bond donors (Lipinski definition) is 0. The number of furan rings is 1. The molecule has 0 unspecified atom stereocenters. The Labute approximate surface area is 174 Å². The van der Waals surface area contributed by atoms with Crippen molar-refractivity contribution in [2.45, 2.75) is 6.54 Å². The first-order chi connectivity index (χ1) is 14.5. The summed E-state index contributed by atoms with van der Waals surface area (Å²) in [6.07, 6.45) is 1.49. The molecule has 0 aliphatic carbocycles. The number of rotatable bonds is 6. The fourth-order valence-electron chi connectivity index (χ4n) is 2.93. The third-order valence-corrected chi connectivity index (χ3v) is 5.40. The predicted molar refractivity (Wildman–Crippen MR) is 108 cm³/mol. The molecule has 0 aliphatic rings. The molecule has 9 heteroatoms. The smallest absolute Gasteiger partial charge is 0.260 e. The zero-order valence-electron chi connectivity index (χ0n) is 16.0. The average molecular weight is 430 g/mol. The van der Waals surface area contributed by atoms with Crippen LogP contribution in [-0.4, -0.2) is 25.1 Å². The number of fused-ring (bicyclic) bond motifs is 1. The first kappa shape index (κ1) is 19.8. The van der Waals surface area contributed by atoms with Gasteiger partial charge >= 0.3 is 0 Å². The number of anilines is 1. The van der Waals surface area contributed by atoms with Crippen LogP contribution in [0.15, 0.2) is 53.1 Å². The highest BCUT2D eigenvalue weighted by Gasteiger charge is 2.25. The fraction of sp³-hybridized carbons (Fsp3) is 0.143. The molecule has 0 radical (unpaired) electrons. The molecule has 0 atom stereocenters. The van der Waals surface area contributed by atoms with E-state index in [1.165, 1.54) is 31.4 Å². The monoisotopic (exact) mass is 430 g/mol. The molecule has 6 nitrogen and oxygen atoms in total. The topological polar surface area (TPSA) is 64.8 Å². The van der Waals surface area contributed by atoms with Crippen LogP contribution in [0.4, 0.5) is 13.9 Å². The number of carbonyl (C=O) groups is 1. The standard InChI is InChI=1S/C21H16F2N2O4S/c1-27-15-6-12(7-16(10-15)28-2)20(26)25(11-14-4-3-5-29-14)21-24-19-17(23)8-13(22)9-18(19)30-21/h3-10H,11H2,1-2H3. The molecule has 4 rings (SSSR count). The van der Waals surface area contributed by atoms with E-state index in [0.29, 0.717) is 22.0 Å². The van der Waals surface area contributed by atoms with E-state index in [1.54, 1.807) is 30.3 Å². The second-order valence-electron chi connectivity index (χ2n) is 6.30. The van der Waals surface area contributed by atoms with Crippen molar-refractivity contribution in [1.29, 1.82) is 0 Å². The van der Waals surface area contributed by atoms with Gasteiger partial charge in [0.2, 0.25) is 0 Å². The van der Waals surface area contributed by atoms with Gasteiger partial charge in [0.05, 0.1) is 31.7 Å². The summed E-state index contributed by atoms with van der Waals surface area (Å²) in [4.78, 5) is 19.0. The summed E-state index contributed by atoms with van der Waals surface area (Å²) in [5.41, 5.74) is 0.278. The molecule has 154 valence electrons. The molecular formula is C21H16F2N2O4S. The predicted octanol–water partition coefficient (Wildman–Crippen LogP) is 5.03. The van der Waals surface area contributed by atoms with E-state index < -0.39 is 17.5 Å². The number of carbonyl (C=O) groups excluding carboxylic acids is 1. The van der Waals surface area contributed by atoms with Gasteiger partial charge in [-0.2, -0.15) is 0 Å². The SMILES string of the molecule is COc1cc(OC)cc(C(=O)N(Cc2ccco2)c2nc3c(F)cc(F)cc3s2)c1. The largest absolute Gasteiger partial charge is 0.497 e. The van der Waals surface area contributed by atoms with Crippen molar-refractivity contribution in [3.63, 3.8) is 0 Å². The number of nitrogens with zero attached hydrogens (tertiary/aromatic N) is 2. The summed E-state index contributed by atoms with van der Waals surface area (Å²) >= 11 is 1.01. The van der Waals surface area contributed by atoms with Gasteiger partial charge in [-0.25, -0.2) is 13.8 Å². The highest BCUT2D eigenvalue weighted by atomic mass is 32.1. The summed E-state index contributed by atoms with van der Waals surface area (Å²) in [5, 5.41) is 0.206. The summed E-state index contributed by atoms with van der Waals surface area (Å²) in [6, 6.07) is 10.1. The molecule has 2 aromatic carbocycles. The maximum Gasteiger partial charge on any atom is 0.260 e. The number of thiazole rings is 1. The molecule has 0 aliphatic heterocycles. The quantitative estimate of drug-likeness (QED) is 0.429. The second-order valence-corrected chi connectivity index (χ2v) is 7.31. The number of benzene rings is 2. The third-order valence-electron chi connectivity index (χ3n) is 4.37. The second kappa shape index (κ2) is 8.11. The van der Waals surface area contributed by atoms with Gasteiger partial charge in [0.25, 0.3) is 5.91 Å². The van der Waals surface area contributed by atoms with Gasteiger partial charge in [0.1, 0.15) is 28.6 Å². The molecule has 0 saturated heterocycles. The van der Waals surface area contributed by atoms with Crippen LogP contribution in [0.1, 0.15) is 16.1 Å². The summed E-state index contributed by atoms with van der Waals surface area (Å²) in [6.45, 7) is 0.0509. The highest BCUT2D eigenvalue weighted by molar-refractivity contribution is 7.22. The number of aromatic nitrogens is 1. The maximum absolute atomic E-state index is 14.2. The van der Waals surface area contributed by atoms with E-state index in [-0.39, 0.29) is 22.8 Å². The van der Waals surface area contributed by atoms with E-state index in [1.807, 2.05) is 0 Å². The fourth-order valence-corrected chi connectivity index (χ4v) is 3.93. The lowest BCUT2D eigenvalue weighted by Crippen LogP contribution is -2.30. The van der Waals surface area contributed by atoms with Gasteiger partial charge in [0.15, 0.2) is 10.9 Å². The van der Waals surface area contributed by atoms with Crippen molar-refractivity contribution in [3.05, 3.63) is 71.7 Å². The van der Waals surface area contributed by atoms with Crippen LogP contribution in [0.25, 0.3) is 10.2 Å². The van der Waals surface area contributed by atoms with Crippen molar-refractivity contribution in [1.82, 2.24) is 4.98 Å². The maximum atomic E-state index is 14.2. The molecule has 1 amide bonds. The van der Waals surface area contributed by atoms with E-state index in [4.69, 9.17) is 13.9 Å². The summed E-state index contributed by atoms with van der Waals surface area (Å²) in [7, 11) is 2.96. The highest BCUT2D eigenvalue weighted by Crippen LogP contribution is 2.33. The van der Waals surface area contributed by atoms with Crippen LogP contribution < -0.4 is 14.4 Å². The minimum absolute atomic E-state index is 0.00290. The lowest BCUT2D eigenvalue weighted by molar-refractivity contribution is 0.0982. The van der Waals surface area contributed by atoms with Gasteiger partial charge in [-0.15, -0.1) is 0 Å². The molecule has 2 aromatic heterocycles. The van der Waals surface area contributed by atoms with E-state index in [2.05, 4.69) is 4.98 Å². The zero-order valence-corrected chi connectivity index (χ0v) is 16.8. The normalized spacial score (nSPS) is 10.9. The van der Waals surface area contributed by atoms with Gasteiger partial charge in [-0.3, -0.25) is 9.69 Å². The van der Waals surface area contributed by atoms with Crippen LogP contribution in [0.2, 0.25) is 0 Å². The average Bonchev–Trinajstić information content (AvgIpc) is 3.40. The van der Waals surface area contributed by atoms with Crippen molar-refractivity contribution in [2.75, 3.05) is 19.1 Å². The van der Waals surface area contributed by atoms with Crippen molar-refractivity contribution in [2.24, 2.45) is 0 Å². The summed E-state index contributed by atoms with van der Waals surface area (Å²) in [5.74, 6) is -0.550. The van der Waals surface area contributed by atoms with E-state index in [9.17, 15) is 13.6 Å². The first-order valence-corrected chi connectivity index (χ1v) is 9.63. The van der Waals surface area contributed by atoms with Crippen LogP contribution in [0, 0.1) is 11.6 Å².